The number of benzene rings is 1. The minimum atomic E-state index is -0.906. The largest absolute Gasteiger partial charge is 0.349 e. The number of rotatable bonds is 5. The van der Waals surface area contributed by atoms with Crippen LogP contribution in [0.15, 0.2) is 42.6 Å². The van der Waals surface area contributed by atoms with E-state index in [0.29, 0.717) is 31.6 Å². The van der Waals surface area contributed by atoms with Crippen LogP contribution in [0.4, 0.5) is 8.78 Å². The Balaban J connectivity index is 1.48. The van der Waals surface area contributed by atoms with Gasteiger partial charge in [0.05, 0.1) is 24.3 Å². The second kappa shape index (κ2) is 8.47. The van der Waals surface area contributed by atoms with Crippen LogP contribution in [-0.2, 0) is 16.1 Å². The van der Waals surface area contributed by atoms with Crippen LogP contribution in [0.25, 0.3) is 0 Å². The highest BCUT2D eigenvalue weighted by Gasteiger charge is 2.49. The van der Waals surface area contributed by atoms with E-state index in [1.165, 1.54) is 6.07 Å². The van der Waals surface area contributed by atoms with Gasteiger partial charge in [0.1, 0.15) is 0 Å². The first-order valence-electron chi connectivity index (χ1n) is 10.1. The van der Waals surface area contributed by atoms with Crippen LogP contribution in [-0.4, -0.2) is 46.9 Å². The first-order chi connectivity index (χ1) is 14.4. The Hall–Kier alpha value is -2.87. The average Bonchev–Trinajstić information content (AvgIpc) is 3.05. The third kappa shape index (κ3) is 4.33. The van der Waals surface area contributed by atoms with Crippen LogP contribution in [0.3, 0.4) is 0 Å². The van der Waals surface area contributed by atoms with Gasteiger partial charge in [0.15, 0.2) is 11.6 Å². The Bertz CT molecular complexity index is 940. The maximum Gasteiger partial charge on any atom is 0.234 e. The molecule has 30 heavy (non-hydrogen) atoms. The van der Waals surface area contributed by atoms with Crippen LogP contribution in [0, 0.1) is 11.6 Å². The maximum absolute atomic E-state index is 13.9. The smallest absolute Gasteiger partial charge is 0.234 e. The highest BCUT2D eigenvalue weighted by atomic mass is 19.2. The number of aromatic nitrogens is 1. The summed E-state index contributed by atoms with van der Waals surface area (Å²) in [6.07, 6.45) is 3.58. The quantitative estimate of drug-likeness (QED) is 0.786. The molecule has 0 radical (unpaired) electrons. The zero-order valence-corrected chi connectivity index (χ0v) is 16.5. The van der Waals surface area contributed by atoms with Crippen molar-refractivity contribution in [2.75, 3.05) is 19.6 Å². The summed E-state index contributed by atoms with van der Waals surface area (Å²) in [5, 5.41) is 5.95. The number of amides is 2. The van der Waals surface area contributed by atoms with E-state index in [1.807, 2.05) is 23.1 Å². The summed E-state index contributed by atoms with van der Waals surface area (Å²) in [6, 6.07) is 9.39. The first kappa shape index (κ1) is 20.4. The fourth-order valence-electron chi connectivity index (χ4n) is 4.58. The van der Waals surface area contributed by atoms with Crippen molar-refractivity contribution in [2.24, 2.45) is 0 Å². The summed E-state index contributed by atoms with van der Waals surface area (Å²) < 4.78 is 27.3. The lowest BCUT2D eigenvalue weighted by Gasteiger charge is -2.39. The molecule has 2 aliphatic heterocycles. The van der Waals surface area contributed by atoms with Gasteiger partial charge in [0.2, 0.25) is 11.8 Å². The molecule has 0 aliphatic carbocycles. The van der Waals surface area contributed by atoms with E-state index in [2.05, 4.69) is 15.6 Å². The van der Waals surface area contributed by atoms with E-state index in [4.69, 9.17) is 0 Å². The van der Waals surface area contributed by atoms with Gasteiger partial charge in [-0.05, 0) is 42.7 Å². The molecule has 3 heterocycles. The van der Waals surface area contributed by atoms with E-state index in [-0.39, 0.29) is 24.3 Å². The second-order valence-electron chi connectivity index (χ2n) is 8.05. The SMILES string of the molecule is O=C(CN1C[C@@H](c2ccc(F)c(F)c2)[C@@]2(CCCC(=O)N2)C1)NCc1ccccn1. The van der Waals surface area contributed by atoms with Crippen molar-refractivity contribution in [1.82, 2.24) is 20.5 Å². The maximum atomic E-state index is 13.9. The molecule has 4 rings (SSSR count). The molecule has 2 amide bonds. The number of nitrogens with one attached hydrogen (secondary N) is 2. The third-order valence-electron chi connectivity index (χ3n) is 5.93. The predicted molar refractivity (Wildman–Crippen MR) is 106 cm³/mol. The summed E-state index contributed by atoms with van der Waals surface area (Å²) in [5.74, 6) is -2.22. The van der Waals surface area contributed by atoms with Gasteiger partial charge >= 0.3 is 0 Å². The topological polar surface area (TPSA) is 74.3 Å². The van der Waals surface area contributed by atoms with Crippen molar-refractivity contribution in [3.05, 3.63) is 65.5 Å². The number of nitrogens with zero attached hydrogens (tertiary/aromatic N) is 2. The predicted octanol–water partition coefficient (Wildman–Crippen LogP) is 2.11. The lowest BCUT2D eigenvalue weighted by molar-refractivity contribution is -0.125. The molecule has 1 aromatic carbocycles. The van der Waals surface area contributed by atoms with Gasteiger partial charge in [-0.3, -0.25) is 19.5 Å². The first-order valence-corrected chi connectivity index (χ1v) is 10.1. The highest BCUT2D eigenvalue weighted by Crippen LogP contribution is 2.41. The van der Waals surface area contributed by atoms with E-state index in [9.17, 15) is 18.4 Å². The fraction of sp³-hybridized carbons (Fsp3) is 0.409. The van der Waals surface area contributed by atoms with Crippen LogP contribution in [0.2, 0.25) is 0 Å². The Morgan fingerprint density at radius 1 is 1.27 bits per heavy atom. The van der Waals surface area contributed by atoms with Crippen LogP contribution < -0.4 is 10.6 Å². The highest BCUT2D eigenvalue weighted by molar-refractivity contribution is 5.79. The molecule has 2 saturated heterocycles. The zero-order chi connectivity index (χ0) is 21.1. The Morgan fingerprint density at radius 3 is 2.87 bits per heavy atom. The summed E-state index contributed by atoms with van der Waals surface area (Å²) in [5.41, 5.74) is 0.816. The number of piperidine rings is 1. The number of carbonyl (C=O) groups is 2. The molecule has 2 N–H and O–H groups in total. The summed E-state index contributed by atoms with van der Waals surface area (Å²) in [4.78, 5) is 30.8. The molecular formula is C22H24F2N4O2. The Labute approximate surface area is 173 Å². The average molecular weight is 414 g/mol. The summed E-state index contributed by atoms with van der Waals surface area (Å²) >= 11 is 0. The minimum absolute atomic E-state index is 0.0460. The molecule has 2 aromatic rings. The normalized spacial score (nSPS) is 24.1. The van der Waals surface area contributed by atoms with Gasteiger partial charge in [0, 0.05) is 31.6 Å². The molecule has 0 unspecified atom stereocenters. The Kier molecular flexibility index (Phi) is 5.76. The van der Waals surface area contributed by atoms with Gasteiger partial charge in [-0.2, -0.15) is 0 Å². The van der Waals surface area contributed by atoms with Crippen molar-refractivity contribution in [2.45, 2.75) is 37.3 Å². The van der Waals surface area contributed by atoms with Crippen molar-refractivity contribution >= 4 is 11.8 Å². The van der Waals surface area contributed by atoms with Gasteiger partial charge in [-0.15, -0.1) is 0 Å². The van der Waals surface area contributed by atoms with Crippen molar-refractivity contribution in [3.8, 4) is 0 Å². The van der Waals surface area contributed by atoms with Gasteiger partial charge in [-0.25, -0.2) is 8.78 Å². The molecule has 158 valence electrons. The zero-order valence-electron chi connectivity index (χ0n) is 16.5. The van der Waals surface area contributed by atoms with Crippen LogP contribution in [0.1, 0.15) is 36.4 Å². The minimum Gasteiger partial charge on any atom is -0.349 e. The van der Waals surface area contributed by atoms with E-state index < -0.39 is 17.2 Å². The van der Waals surface area contributed by atoms with Crippen LogP contribution in [0.5, 0.6) is 0 Å². The fourth-order valence-corrected chi connectivity index (χ4v) is 4.58. The number of hydrogen-bond acceptors (Lipinski definition) is 4. The monoisotopic (exact) mass is 414 g/mol. The number of pyridine rings is 1. The molecular weight excluding hydrogens is 390 g/mol. The van der Waals surface area contributed by atoms with Gasteiger partial charge in [0.25, 0.3) is 0 Å². The van der Waals surface area contributed by atoms with Gasteiger partial charge < -0.3 is 10.6 Å². The van der Waals surface area contributed by atoms with Gasteiger partial charge in [-0.1, -0.05) is 12.1 Å². The second-order valence-corrected chi connectivity index (χ2v) is 8.05. The summed E-state index contributed by atoms with van der Waals surface area (Å²) in [6.45, 7) is 1.45. The molecule has 8 heteroatoms. The number of carbonyl (C=O) groups excluding carboxylic acids is 2. The molecule has 2 aliphatic rings. The van der Waals surface area contributed by atoms with E-state index in [1.54, 1.807) is 12.3 Å². The van der Waals surface area contributed by atoms with E-state index >= 15 is 0 Å². The molecule has 1 aromatic heterocycles. The molecule has 2 atom stereocenters. The van der Waals surface area contributed by atoms with Crippen molar-refractivity contribution in [1.29, 1.82) is 0 Å². The molecule has 2 fully saturated rings. The Morgan fingerprint density at radius 2 is 2.13 bits per heavy atom. The number of hydrogen-bond donors (Lipinski definition) is 2. The van der Waals surface area contributed by atoms with Crippen molar-refractivity contribution < 1.29 is 18.4 Å². The standard InChI is InChI=1S/C22H24F2N4O2/c23-18-7-6-15(10-19(18)24)17-12-28(14-22(17)8-3-5-20(29)27-22)13-21(30)26-11-16-4-1-2-9-25-16/h1-2,4,6-7,9-10,17H,3,5,8,11-14H2,(H,26,30)(H,27,29)/t17-,22+/m0/s1. The molecule has 0 saturated carbocycles. The number of halogens is 2. The molecule has 6 nitrogen and oxygen atoms in total. The third-order valence-corrected chi connectivity index (χ3v) is 5.93. The lowest BCUT2D eigenvalue weighted by atomic mass is 9.76. The molecule has 0 bridgehead atoms. The number of likely N-dealkylation sites (tertiary alicyclic amines) is 1. The van der Waals surface area contributed by atoms with E-state index in [0.717, 1.165) is 24.6 Å². The summed E-state index contributed by atoms with van der Waals surface area (Å²) in [7, 11) is 0. The lowest BCUT2D eigenvalue weighted by Crippen LogP contribution is -2.56. The molecule has 1 spiro atoms. The van der Waals surface area contributed by atoms with Crippen molar-refractivity contribution in [3.63, 3.8) is 0 Å². The van der Waals surface area contributed by atoms with Crippen LogP contribution >= 0.6 is 0 Å².